The molecular weight excluding hydrogens is 252 g/mol. The van der Waals surface area contributed by atoms with Crippen LogP contribution in [0.4, 0.5) is 0 Å². The summed E-state index contributed by atoms with van der Waals surface area (Å²) in [5.74, 6) is 0.0683. The molecule has 3 nitrogen and oxygen atoms in total. The Hall–Kier alpha value is -1.42. The number of rotatable bonds is 6. The molecule has 1 rings (SSSR count). The molecule has 0 fully saturated rings. The minimum absolute atomic E-state index is 0.0683. The summed E-state index contributed by atoms with van der Waals surface area (Å²) < 4.78 is 2.13. The molecule has 0 N–H and O–H groups in total. The van der Waals surface area contributed by atoms with Gasteiger partial charge in [0, 0.05) is 6.92 Å². The molecule has 0 aromatic heterocycles. The van der Waals surface area contributed by atoms with Gasteiger partial charge in [-0.05, 0) is 12.0 Å². The van der Waals surface area contributed by atoms with E-state index in [0.29, 0.717) is 12.1 Å². The van der Waals surface area contributed by atoms with Gasteiger partial charge in [-0.25, -0.2) is 0 Å². The van der Waals surface area contributed by atoms with Crippen molar-refractivity contribution in [2.24, 2.45) is 5.10 Å². The molecule has 4 heteroatoms. The molecule has 0 unspecified atom stereocenters. The first kappa shape index (κ1) is 15.6. The van der Waals surface area contributed by atoms with Crippen molar-refractivity contribution >= 4 is 19.7 Å². The minimum Gasteiger partial charge on any atom is -0.320 e. The van der Waals surface area contributed by atoms with E-state index in [1.165, 1.54) is 5.56 Å². The Balaban J connectivity index is 3.00. The van der Waals surface area contributed by atoms with E-state index in [2.05, 4.69) is 41.5 Å². The number of hydrogen-bond acceptors (Lipinski definition) is 3. The fourth-order valence-electron chi connectivity index (χ4n) is 1.71. The van der Waals surface area contributed by atoms with Gasteiger partial charge in [-0.2, -0.15) is 5.10 Å². The monoisotopic (exact) mass is 276 g/mol. The number of ketones is 1. The van der Waals surface area contributed by atoms with Gasteiger partial charge in [0.15, 0.2) is 14.0 Å². The predicted octanol–water partition coefficient (Wildman–Crippen LogP) is 3.68. The number of nitrogens with zero attached hydrogens (tertiary/aromatic N) is 2. The van der Waals surface area contributed by atoms with Crippen LogP contribution in [0.1, 0.15) is 25.8 Å². The maximum Gasteiger partial charge on any atom is 0.175 e. The molecule has 0 aliphatic heterocycles. The third-order valence-electron chi connectivity index (χ3n) is 2.93. The van der Waals surface area contributed by atoms with E-state index >= 15 is 0 Å². The lowest BCUT2D eigenvalue weighted by Crippen LogP contribution is -2.42. The SMILES string of the molecule is CCC(=NN(Cc1ccccc1)[Si](C)(C)C)C(C)=O. The highest BCUT2D eigenvalue weighted by Crippen LogP contribution is 2.15. The van der Waals surface area contributed by atoms with Crippen molar-refractivity contribution in [3.8, 4) is 0 Å². The highest BCUT2D eigenvalue weighted by Gasteiger charge is 2.24. The van der Waals surface area contributed by atoms with Crippen molar-refractivity contribution < 1.29 is 4.79 Å². The molecular formula is C15H24N2OSi. The van der Waals surface area contributed by atoms with Crippen LogP contribution in [0.15, 0.2) is 35.4 Å². The van der Waals surface area contributed by atoms with Crippen LogP contribution in [-0.4, -0.2) is 24.4 Å². The largest absolute Gasteiger partial charge is 0.320 e. The second kappa shape index (κ2) is 6.66. The van der Waals surface area contributed by atoms with Crippen LogP contribution in [0.25, 0.3) is 0 Å². The summed E-state index contributed by atoms with van der Waals surface area (Å²) >= 11 is 0. The van der Waals surface area contributed by atoms with Gasteiger partial charge in [0.2, 0.25) is 0 Å². The third-order valence-corrected chi connectivity index (χ3v) is 4.74. The van der Waals surface area contributed by atoms with Crippen molar-refractivity contribution in [3.05, 3.63) is 35.9 Å². The highest BCUT2D eigenvalue weighted by molar-refractivity contribution is 6.73. The van der Waals surface area contributed by atoms with Crippen molar-refractivity contribution in [3.63, 3.8) is 0 Å². The molecule has 0 heterocycles. The standard InChI is InChI=1S/C15H24N2OSi/c1-6-15(13(2)18)16-17(19(3,4)5)12-14-10-8-7-9-11-14/h7-11H,6,12H2,1-5H3. The second-order valence-electron chi connectivity index (χ2n) is 5.67. The summed E-state index contributed by atoms with van der Waals surface area (Å²) in [7, 11) is -1.60. The van der Waals surface area contributed by atoms with Gasteiger partial charge < -0.3 is 4.67 Å². The molecule has 1 aromatic rings. The van der Waals surface area contributed by atoms with Crippen molar-refractivity contribution in [1.29, 1.82) is 0 Å². The van der Waals surface area contributed by atoms with Crippen LogP contribution in [0.2, 0.25) is 19.6 Å². The van der Waals surface area contributed by atoms with Crippen LogP contribution in [0, 0.1) is 0 Å². The second-order valence-corrected chi connectivity index (χ2v) is 10.5. The first-order valence-electron chi connectivity index (χ1n) is 6.74. The molecule has 0 amide bonds. The first-order chi connectivity index (χ1) is 8.84. The number of benzene rings is 1. The molecule has 1 aromatic carbocycles. The van der Waals surface area contributed by atoms with Gasteiger partial charge in [-0.3, -0.25) is 4.79 Å². The summed E-state index contributed by atoms with van der Waals surface area (Å²) in [5.41, 5.74) is 1.89. The van der Waals surface area contributed by atoms with Crippen LogP contribution in [-0.2, 0) is 11.3 Å². The van der Waals surface area contributed by atoms with E-state index in [1.807, 2.05) is 25.1 Å². The molecule has 104 valence electrons. The number of Topliss-reactive ketones (excluding diaryl/α,β-unsaturated/α-hetero) is 1. The van der Waals surface area contributed by atoms with Crippen molar-refractivity contribution in [1.82, 2.24) is 4.67 Å². The zero-order chi connectivity index (χ0) is 14.5. The lowest BCUT2D eigenvalue weighted by molar-refractivity contribution is -0.111. The summed E-state index contributed by atoms with van der Waals surface area (Å²) in [5, 5.41) is 4.62. The molecule has 0 saturated carbocycles. The van der Waals surface area contributed by atoms with Gasteiger partial charge in [0.1, 0.15) is 5.71 Å². The fraction of sp³-hybridized carbons (Fsp3) is 0.467. The molecule has 0 aliphatic rings. The van der Waals surface area contributed by atoms with E-state index in [-0.39, 0.29) is 5.78 Å². The molecule has 0 aliphatic carbocycles. The number of carbonyl (C=O) groups is 1. The topological polar surface area (TPSA) is 32.7 Å². The summed E-state index contributed by atoms with van der Waals surface area (Å²) in [6, 6.07) is 10.3. The highest BCUT2D eigenvalue weighted by atomic mass is 28.3. The normalized spacial score (nSPS) is 12.4. The minimum atomic E-state index is -1.60. The number of hydrazone groups is 1. The number of carbonyl (C=O) groups excluding carboxylic acids is 1. The molecule has 0 atom stereocenters. The van der Waals surface area contributed by atoms with E-state index in [1.54, 1.807) is 6.92 Å². The summed E-state index contributed by atoms with van der Waals surface area (Å²) in [6.45, 7) is 11.1. The van der Waals surface area contributed by atoms with E-state index in [9.17, 15) is 4.79 Å². The fourth-order valence-corrected chi connectivity index (χ4v) is 2.79. The lowest BCUT2D eigenvalue weighted by atomic mass is 10.2. The van der Waals surface area contributed by atoms with Crippen LogP contribution >= 0.6 is 0 Å². The molecule has 19 heavy (non-hydrogen) atoms. The van der Waals surface area contributed by atoms with Gasteiger partial charge in [-0.1, -0.05) is 56.9 Å². The van der Waals surface area contributed by atoms with Gasteiger partial charge in [0.05, 0.1) is 6.54 Å². The Kier molecular flexibility index (Phi) is 5.48. The quantitative estimate of drug-likeness (QED) is 0.451. The smallest absolute Gasteiger partial charge is 0.175 e. The summed E-state index contributed by atoms with van der Waals surface area (Å²) in [6.07, 6.45) is 0.686. The van der Waals surface area contributed by atoms with E-state index < -0.39 is 8.24 Å². The summed E-state index contributed by atoms with van der Waals surface area (Å²) in [4.78, 5) is 11.5. The molecule has 0 saturated heterocycles. The zero-order valence-electron chi connectivity index (χ0n) is 12.6. The third kappa shape index (κ3) is 4.99. The van der Waals surface area contributed by atoms with Crippen molar-refractivity contribution in [2.45, 2.75) is 46.5 Å². The lowest BCUT2D eigenvalue weighted by Gasteiger charge is -2.32. The Morgan fingerprint density at radius 3 is 2.21 bits per heavy atom. The van der Waals surface area contributed by atoms with Crippen LogP contribution < -0.4 is 0 Å². The zero-order valence-corrected chi connectivity index (χ0v) is 13.6. The first-order valence-corrected chi connectivity index (χ1v) is 10.2. The maximum atomic E-state index is 11.5. The average Bonchev–Trinajstić information content (AvgIpc) is 2.33. The number of hydrogen-bond donors (Lipinski definition) is 0. The van der Waals surface area contributed by atoms with Crippen LogP contribution in [0.3, 0.4) is 0 Å². The molecule has 0 bridgehead atoms. The van der Waals surface area contributed by atoms with Gasteiger partial charge in [0.25, 0.3) is 0 Å². The molecule has 0 radical (unpaired) electrons. The Morgan fingerprint density at radius 1 is 1.21 bits per heavy atom. The molecule has 0 spiro atoms. The predicted molar refractivity (Wildman–Crippen MR) is 83.7 cm³/mol. The van der Waals surface area contributed by atoms with Gasteiger partial charge in [-0.15, -0.1) is 0 Å². The Labute approximate surface area is 117 Å². The van der Waals surface area contributed by atoms with E-state index in [4.69, 9.17) is 0 Å². The Bertz CT molecular complexity index is 449. The van der Waals surface area contributed by atoms with Crippen molar-refractivity contribution in [2.75, 3.05) is 0 Å². The Morgan fingerprint density at radius 2 is 1.79 bits per heavy atom. The van der Waals surface area contributed by atoms with E-state index in [0.717, 1.165) is 6.54 Å². The average molecular weight is 276 g/mol. The van der Waals surface area contributed by atoms with Gasteiger partial charge >= 0.3 is 0 Å². The van der Waals surface area contributed by atoms with Crippen LogP contribution in [0.5, 0.6) is 0 Å². The maximum absolute atomic E-state index is 11.5.